The van der Waals surface area contributed by atoms with E-state index < -0.39 is 5.54 Å². The molecule has 1 atom stereocenters. The van der Waals surface area contributed by atoms with Crippen molar-refractivity contribution in [3.05, 3.63) is 0 Å². The maximum atomic E-state index is 12.0. The summed E-state index contributed by atoms with van der Waals surface area (Å²) in [6.07, 6.45) is 2.48. The SMILES string of the molecule is CN(CCN1C(=O)NC(C)(C)C1=O)C(CN)C1CC1.Cl. The monoisotopic (exact) mass is 304 g/mol. The van der Waals surface area contributed by atoms with Crippen LogP contribution in [0.15, 0.2) is 0 Å². The maximum Gasteiger partial charge on any atom is 0.325 e. The molecule has 1 saturated carbocycles. The van der Waals surface area contributed by atoms with Gasteiger partial charge in [-0.25, -0.2) is 4.79 Å². The second kappa shape index (κ2) is 6.28. The van der Waals surface area contributed by atoms with Gasteiger partial charge in [0.2, 0.25) is 0 Å². The Labute approximate surface area is 126 Å². The zero-order valence-corrected chi connectivity index (χ0v) is 13.2. The van der Waals surface area contributed by atoms with Crippen molar-refractivity contribution in [2.75, 3.05) is 26.7 Å². The number of hydrogen-bond donors (Lipinski definition) is 2. The van der Waals surface area contributed by atoms with E-state index in [-0.39, 0.29) is 24.3 Å². The largest absolute Gasteiger partial charge is 0.329 e. The number of likely N-dealkylation sites (N-methyl/N-ethyl adjacent to an activating group) is 1. The van der Waals surface area contributed by atoms with Crippen molar-refractivity contribution in [2.24, 2.45) is 11.7 Å². The molecule has 2 rings (SSSR count). The molecule has 1 aliphatic carbocycles. The Morgan fingerprint density at radius 2 is 2.05 bits per heavy atom. The predicted molar refractivity (Wildman–Crippen MR) is 79.8 cm³/mol. The normalized spacial score (nSPS) is 22.8. The molecule has 1 saturated heterocycles. The van der Waals surface area contributed by atoms with E-state index in [1.54, 1.807) is 13.8 Å². The van der Waals surface area contributed by atoms with Crippen molar-refractivity contribution in [1.82, 2.24) is 15.1 Å². The van der Waals surface area contributed by atoms with Crippen LogP contribution < -0.4 is 11.1 Å². The summed E-state index contributed by atoms with van der Waals surface area (Å²) in [6, 6.07) is 0.0768. The Hall–Kier alpha value is -0.850. The molecule has 1 aliphatic heterocycles. The minimum atomic E-state index is -0.778. The number of halogens is 1. The van der Waals surface area contributed by atoms with E-state index >= 15 is 0 Å². The van der Waals surface area contributed by atoms with E-state index in [2.05, 4.69) is 10.2 Å². The predicted octanol–water partition coefficient (Wildman–Crippen LogP) is 0.408. The van der Waals surface area contributed by atoms with Gasteiger partial charge in [-0.2, -0.15) is 0 Å². The Kier molecular flexibility index (Phi) is 5.40. The number of nitrogens with zero attached hydrogens (tertiary/aromatic N) is 2. The summed E-state index contributed by atoms with van der Waals surface area (Å²) in [4.78, 5) is 27.3. The topological polar surface area (TPSA) is 78.7 Å². The highest BCUT2D eigenvalue weighted by Crippen LogP contribution is 2.34. The van der Waals surface area contributed by atoms with Gasteiger partial charge < -0.3 is 16.0 Å². The van der Waals surface area contributed by atoms with Crippen molar-refractivity contribution in [2.45, 2.75) is 38.3 Å². The van der Waals surface area contributed by atoms with Crippen LogP contribution in [0, 0.1) is 5.92 Å². The molecule has 20 heavy (non-hydrogen) atoms. The van der Waals surface area contributed by atoms with Crippen molar-refractivity contribution in [1.29, 1.82) is 0 Å². The number of hydrogen-bond acceptors (Lipinski definition) is 4. The summed E-state index contributed by atoms with van der Waals surface area (Å²) in [5, 5.41) is 2.69. The molecule has 116 valence electrons. The molecule has 2 aliphatic rings. The molecule has 0 radical (unpaired) electrons. The number of nitrogens with one attached hydrogen (secondary N) is 1. The fraction of sp³-hybridized carbons (Fsp3) is 0.846. The molecule has 3 amide bonds. The third-order valence-electron chi connectivity index (χ3n) is 4.09. The van der Waals surface area contributed by atoms with Gasteiger partial charge in [0.25, 0.3) is 5.91 Å². The Balaban J connectivity index is 0.00000200. The van der Waals surface area contributed by atoms with Crippen LogP contribution in [-0.4, -0.2) is 60.0 Å². The van der Waals surface area contributed by atoms with Crippen molar-refractivity contribution >= 4 is 24.3 Å². The number of amides is 3. The number of urea groups is 1. The fourth-order valence-corrected chi connectivity index (χ4v) is 2.66. The average molecular weight is 305 g/mol. The van der Waals surface area contributed by atoms with Crippen molar-refractivity contribution < 1.29 is 9.59 Å². The minimum Gasteiger partial charge on any atom is -0.329 e. The molecule has 0 aromatic carbocycles. The molecule has 1 heterocycles. The second-order valence-electron chi connectivity index (χ2n) is 6.13. The van der Waals surface area contributed by atoms with E-state index in [1.165, 1.54) is 17.7 Å². The van der Waals surface area contributed by atoms with Gasteiger partial charge in [-0.15, -0.1) is 12.4 Å². The van der Waals surface area contributed by atoms with Crippen LogP contribution in [-0.2, 0) is 4.79 Å². The standard InChI is InChI=1S/C13H24N4O2.ClH/c1-13(2)11(18)17(12(19)15-13)7-6-16(3)10(8-14)9-4-5-9;/h9-10H,4-8,14H2,1-3H3,(H,15,19);1H. The van der Waals surface area contributed by atoms with E-state index in [4.69, 9.17) is 5.73 Å². The lowest BCUT2D eigenvalue weighted by molar-refractivity contribution is -0.130. The minimum absolute atomic E-state index is 0. The zero-order valence-electron chi connectivity index (χ0n) is 12.4. The Morgan fingerprint density at radius 1 is 1.45 bits per heavy atom. The van der Waals surface area contributed by atoms with Gasteiger partial charge in [-0.1, -0.05) is 0 Å². The van der Waals surface area contributed by atoms with Gasteiger partial charge in [0, 0.05) is 25.7 Å². The molecule has 2 fully saturated rings. The van der Waals surface area contributed by atoms with E-state index in [0.717, 1.165) is 0 Å². The highest BCUT2D eigenvalue weighted by Gasteiger charge is 2.44. The number of rotatable bonds is 6. The Morgan fingerprint density at radius 3 is 2.45 bits per heavy atom. The number of carbonyl (C=O) groups excluding carboxylic acids is 2. The lowest BCUT2D eigenvalue weighted by Gasteiger charge is -2.28. The fourth-order valence-electron chi connectivity index (χ4n) is 2.66. The number of nitrogens with two attached hydrogens (primary N) is 1. The summed E-state index contributed by atoms with van der Waals surface area (Å²) >= 11 is 0. The average Bonchev–Trinajstić information content (AvgIpc) is 3.10. The quantitative estimate of drug-likeness (QED) is 0.697. The third-order valence-corrected chi connectivity index (χ3v) is 4.09. The first-order valence-corrected chi connectivity index (χ1v) is 6.91. The Bertz CT molecular complexity index is 385. The van der Waals surface area contributed by atoms with Crippen LogP contribution in [0.1, 0.15) is 26.7 Å². The lowest BCUT2D eigenvalue weighted by Crippen LogP contribution is -2.45. The highest BCUT2D eigenvalue weighted by atomic mass is 35.5. The molecule has 7 heteroatoms. The van der Waals surface area contributed by atoms with E-state index in [1.807, 2.05) is 7.05 Å². The van der Waals surface area contributed by atoms with E-state index in [9.17, 15) is 9.59 Å². The first-order chi connectivity index (χ1) is 8.86. The van der Waals surface area contributed by atoms with Crippen LogP contribution >= 0.6 is 12.4 Å². The van der Waals surface area contributed by atoms with Crippen molar-refractivity contribution in [3.8, 4) is 0 Å². The van der Waals surface area contributed by atoms with Gasteiger partial charge in [0.05, 0.1) is 0 Å². The molecule has 0 aromatic heterocycles. The summed E-state index contributed by atoms with van der Waals surface area (Å²) in [5.74, 6) is 0.538. The number of imide groups is 1. The van der Waals surface area contributed by atoms with Gasteiger partial charge in [0.15, 0.2) is 0 Å². The lowest BCUT2D eigenvalue weighted by atomic mass is 10.1. The third kappa shape index (κ3) is 3.42. The molecule has 1 unspecified atom stereocenters. The summed E-state index contributed by atoms with van der Waals surface area (Å²) < 4.78 is 0. The molecular weight excluding hydrogens is 280 g/mol. The van der Waals surface area contributed by atoms with Crippen LogP contribution in [0.5, 0.6) is 0 Å². The summed E-state index contributed by atoms with van der Waals surface area (Å²) in [5.41, 5.74) is 5.02. The molecule has 0 bridgehead atoms. The number of carbonyl (C=O) groups is 2. The van der Waals surface area contributed by atoms with E-state index in [0.29, 0.717) is 31.6 Å². The van der Waals surface area contributed by atoms with Crippen molar-refractivity contribution in [3.63, 3.8) is 0 Å². The second-order valence-corrected chi connectivity index (χ2v) is 6.13. The highest BCUT2D eigenvalue weighted by molar-refractivity contribution is 6.06. The van der Waals surface area contributed by atoms with Gasteiger partial charge in [-0.05, 0) is 39.7 Å². The van der Waals surface area contributed by atoms with Crippen LogP contribution in [0.2, 0.25) is 0 Å². The zero-order chi connectivity index (χ0) is 14.2. The molecule has 6 nitrogen and oxygen atoms in total. The molecule has 3 N–H and O–H groups in total. The first-order valence-electron chi connectivity index (χ1n) is 6.91. The molecule has 0 aromatic rings. The van der Waals surface area contributed by atoms with Gasteiger partial charge >= 0.3 is 6.03 Å². The van der Waals surface area contributed by atoms with Crippen LogP contribution in [0.3, 0.4) is 0 Å². The first kappa shape index (κ1) is 17.2. The summed E-state index contributed by atoms with van der Waals surface area (Å²) in [7, 11) is 2.01. The van der Waals surface area contributed by atoms with Crippen LogP contribution in [0.4, 0.5) is 4.79 Å². The molecule has 0 spiro atoms. The molecular formula is C13H25ClN4O2. The van der Waals surface area contributed by atoms with Crippen LogP contribution in [0.25, 0.3) is 0 Å². The van der Waals surface area contributed by atoms with Gasteiger partial charge in [0.1, 0.15) is 5.54 Å². The van der Waals surface area contributed by atoms with Gasteiger partial charge in [-0.3, -0.25) is 9.69 Å². The smallest absolute Gasteiger partial charge is 0.325 e. The summed E-state index contributed by atoms with van der Waals surface area (Å²) in [6.45, 7) is 5.18. The maximum absolute atomic E-state index is 12.0.